The zero-order chi connectivity index (χ0) is 19.6. The first-order valence-electron chi connectivity index (χ1n) is 9.16. The summed E-state index contributed by atoms with van der Waals surface area (Å²) in [6.07, 6.45) is 1.27. The summed E-state index contributed by atoms with van der Waals surface area (Å²) < 4.78 is 26.3. The van der Waals surface area contributed by atoms with Crippen molar-refractivity contribution in [2.75, 3.05) is 11.9 Å². The predicted octanol–water partition coefficient (Wildman–Crippen LogP) is 3.37. The Morgan fingerprint density at radius 1 is 1.30 bits per heavy atom. The van der Waals surface area contributed by atoms with E-state index in [1.165, 1.54) is 15.6 Å². The van der Waals surface area contributed by atoms with Crippen LogP contribution in [0, 0.1) is 0 Å². The van der Waals surface area contributed by atoms with E-state index < -0.39 is 15.3 Å². The number of amides is 1. The third-order valence-corrected chi connectivity index (χ3v) is 8.03. The quantitative estimate of drug-likeness (QED) is 0.796. The fraction of sp³-hybridized carbons (Fsp3) is 0.474. The van der Waals surface area contributed by atoms with Crippen LogP contribution < -0.4 is 5.32 Å². The molecule has 146 valence electrons. The van der Waals surface area contributed by atoms with Gasteiger partial charge in [-0.15, -0.1) is 11.3 Å². The normalized spacial score (nSPS) is 16.1. The second-order valence-electron chi connectivity index (χ2n) is 6.93. The molecule has 1 amide bonds. The summed E-state index contributed by atoms with van der Waals surface area (Å²) in [7, 11) is -3.29. The van der Waals surface area contributed by atoms with Gasteiger partial charge in [0.1, 0.15) is 0 Å². The van der Waals surface area contributed by atoms with E-state index in [1.807, 2.05) is 37.3 Å². The maximum absolute atomic E-state index is 12.7. The average molecular weight is 408 g/mol. The first-order valence-corrected chi connectivity index (χ1v) is 11.5. The molecule has 2 aromatic rings. The standard InChI is InChI=1S/C19H25N3O3S2/c1-4-15(14-8-6-5-7-9-14)18(23)21-19-20-16-10-11-22(12-17(16)26-19)27(24,25)13(2)3/h5-9,13,15H,4,10-12H2,1-3H3,(H,20,21,23). The lowest BCUT2D eigenvalue weighted by Gasteiger charge is -2.26. The Balaban J connectivity index is 1.74. The van der Waals surface area contributed by atoms with Crippen LogP contribution >= 0.6 is 11.3 Å². The Hall–Kier alpha value is -1.77. The largest absolute Gasteiger partial charge is 0.301 e. The molecule has 2 heterocycles. The van der Waals surface area contributed by atoms with Gasteiger partial charge in [0.2, 0.25) is 15.9 Å². The van der Waals surface area contributed by atoms with Crippen LogP contribution in [0.25, 0.3) is 0 Å². The molecule has 1 unspecified atom stereocenters. The molecule has 1 aliphatic rings. The molecule has 0 spiro atoms. The Labute approximate surface area is 164 Å². The van der Waals surface area contributed by atoms with Gasteiger partial charge >= 0.3 is 0 Å². The van der Waals surface area contributed by atoms with Gasteiger partial charge < -0.3 is 5.32 Å². The molecule has 1 aromatic carbocycles. The second kappa shape index (κ2) is 8.08. The number of aromatic nitrogens is 1. The highest BCUT2D eigenvalue weighted by Crippen LogP contribution is 2.31. The number of benzene rings is 1. The first-order chi connectivity index (χ1) is 12.8. The van der Waals surface area contributed by atoms with Crippen LogP contribution in [0.15, 0.2) is 30.3 Å². The summed E-state index contributed by atoms with van der Waals surface area (Å²) >= 11 is 1.37. The molecule has 0 saturated heterocycles. The Bertz CT molecular complexity index is 908. The summed E-state index contributed by atoms with van der Waals surface area (Å²) in [4.78, 5) is 18.2. The smallest absolute Gasteiger partial charge is 0.233 e. The van der Waals surface area contributed by atoms with E-state index in [-0.39, 0.29) is 11.8 Å². The van der Waals surface area contributed by atoms with Crippen molar-refractivity contribution in [1.29, 1.82) is 0 Å². The number of carbonyl (C=O) groups excluding carboxylic acids is 1. The number of rotatable bonds is 6. The fourth-order valence-corrected chi connectivity index (χ4v) is 5.55. The molecule has 0 aliphatic carbocycles. The lowest BCUT2D eigenvalue weighted by atomic mass is 9.96. The number of thiazole rings is 1. The first kappa shape index (κ1) is 20.0. The molecular weight excluding hydrogens is 382 g/mol. The van der Waals surface area contributed by atoms with Crippen molar-refractivity contribution in [3.05, 3.63) is 46.5 Å². The van der Waals surface area contributed by atoms with E-state index in [9.17, 15) is 13.2 Å². The lowest BCUT2D eigenvalue weighted by Crippen LogP contribution is -2.39. The number of carbonyl (C=O) groups is 1. The van der Waals surface area contributed by atoms with Gasteiger partial charge in [-0.1, -0.05) is 37.3 Å². The van der Waals surface area contributed by atoms with Crippen LogP contribution in [-0.2, 0) is 27.8 Å². The van der Waals surface area contributed by atoms with Crippen molar-refractivity contribution in [3.8, 4) is 0 Å². The molecule has 3 rings (SSSR count). The van der Waals surface area contributed by atoms with E-state index in [0.717, 1.165) is 16.1 Å². The van der Waals surface area contributed by atoms with Crippen LogP contribution in [0.4, 0.5) is 5.13 Å². The molecule has 6 nitrogen and oxygen atoms in total. The number of anilines is 1. The van der Waals surface area contributed by atoms with Crippen molar-refractivity contribution in [1.82, 2.24) is 9.29 Å². The molecule has 1 aromatic heterocycles. The van der Waals surface area contributed by atoms with Gasteiger partial charge in [0.15, 0.2) is 5.13 Å². The molecule has 1 N–H and O–H groups in total. The molecule has 0 bridgehead atoms. The Morgan fingerprint density at radius 2 is 2.00 bits per heavy atom. The minimum absolute atomic E-state index is 0.0820. The van der Waals surface area contributed by atoms with E-state index in [1.54, 1.807) is 13.8 Å². The number of hydrogen-bond donors (Lipinski definition) is 1. The molecule has 0 fully saturated rings. The summed E-state index contributed by atoms with van der Waals surface area (Å²) in [5.74, 6) is -0.314. The molecule has 0 radical (unpaired) electrons. The van der Waals surface area contributed by atoms with Gasteiger partial charge in [0.05, 0.1) is 16.9 Å². The zero-order valence-electron chi connectivity index (χ0n) is 15.8. The van der Waals surface area contributed by atoms with Gasteiger partial charge in [-0.25, -0.2) is 13.4 Å². The van der Waals surface area contributed by atoms with Crippen LogP contribution in [0.2, 0.25) is 0 Å². The highest BCUT2D eigenvalue weighted by atomic mass is 32.2. The summed E-state index contributed by atoms with van der Waals surface area (Å²) in [5, 5.41) is 3.03. The molecule has 1 atom stereocenters. The molecule has 0 saturated carbocycles. The van der Waals surface area contributed by atoms with Crippen LogP contribution in [0.3, 0.4) is 0 Å². The predicted molar refractivity (Wildman–Crippen MR) is 108 cm³/mol. The number of fused-ring (bicyclic) bond motifs is 1. The van der Waals surface area contributed by atoms with Crippen molar-refractivity contribution in [2.45, 2.75) is 51.3 Å². The Morgan fingerprint density at radius 3 is 2.63 bits per heavy atom. The molecule has 1 aliphatic heterocycles. The number of hydrogen-bond acceptors (Lipinski definition) is 5. The minimum Gasteiger partial charge on any atom is -0.301 e. The van der Waals surface area contributed by atoms with Gasteiger partial charge in [-0.05, 0) is 25.8 Å². The fourth-order valence-electron chi connectivity index (χ4n) is 3.19. The van der Waals surface area contributed by atoms with Crippen molar-refractivity contribution < 1.29 is 13.2 Å². The van der Waals surface area contributed by atoms with Crippen molar-refractivity contribution >= 4 is 32.4 Å². The molecule has 27 heavy (non-hydrogen) atoms. The third-order valence-electron chi connectivity index (χ3n) is 4.81. The number of nitrogens with zero attached hydrogens (tertiary/aromatic N) is 2. The number of nitrogens with one attached hydrogen (secondary N) is 1. The lowest BCUT2D eigenvalue weighted by molar-refractivity contribution is -0.117. The molecular formula is C19H25N3O3S2. The topological polar surface area (TPSA) is 79.4 Å². The summed E-state index contributed by atoms with van der Waals surface area (Å²) in [5.41, 5.74) is 1.87. The van der Waals surface area contributed by atoms with Crippen LogP contribution in [0.5, 0.6) is 0 Å². The van der Waals surface area contributed by atoms with E-state index in [0.29, 0.717) is 31.1 Å². The van der Waals surface area contributed by atoms with Crippen molar-refractivity contribution in [3.63, 3.8) is 0 Å². The Kier molecular flexibility index (Phi) is 5.98. The SMILES string of the molecule is CCC(C(=O)Nc1nc2c(s1)CN(S(=O)(=O)C(C)C)CC2)c1ccccc1. The highest BCUT2D eigenvalue weighted by Gasteiger charge is 2.31. The number of sulfonamides is 1. The van der Waals surface area contributed by atoms with Gasteiger partial charge in [-0.3, -0.25) is 4.79 Å². The van der Waals surface area contributed by atoms with Gasteiger partial charge in [-0.2, -0.15) is 4.31 Å². The highest BCUT2D eigenvalue weighted by molar-refractivity contribution is 7.89. The average Bonchev–Trinajstić information content (AvgIpc) is 3.04. The van der Waals surface area contributed by atoms with E-state index >= 15 is 0 Å². The second-order valence-corrected chi connectivity index (χ2v) is 10.5. The maximum Gasteiger partial charge on any atom is 0.233 e. The summed E-state index contributed by atoms with van der Waals surface area (Å²) in [6, 6.07) is 9.69. The monoisotopic (exact) mass is 407 g/mol. The summed E-state index contributed by atoms with van der Waals surface area (Å²) in [6.45, 7) is 6.14. The van der Waals surface area contributed by atoms with E-state index in [2.05, 4.69) is 10.3 Å². The maximum atomic E-state index is 12.7. The van der Waals surface area contributed by atoms with Gasteiger partial charge in [0, 0.05) is 24.4 Å². The van der Waals surface area contributed by atoms with E-state index in [4.69, 9.17) is 0 Å². The third kappa shape index (κ3) is 4.23. The van der Waals surface area contributed by atoms with Crippen LogP contribution in [-0.4, -0.2) is 35.4 Å². The van der Waals surface area contributed by atoms with Crippen LogP contribution in [0.1, 0.15) is 49.2 Å². The zero-order valence-corrected chi connectivity index (χ0v) is 17.4. The minimum atomic E-state index is -3.29. The van der Waals surface area contributed by atoms with Gasteiger partial charge in [0.25, 0.3) is 0 Å². The van der Waals surface area contributed by atoms with Crippen molar-refractivity contribution in [2.24, 2.45) is 0 Å². The molecule has 8 heteroatoms.